The summed E-state index contributed by atoms with van der Waals surface area (Å²) in [6, 6.07) is 0.805. The van der Waals surface area contributed by atoms with Gasteiger partial charge in [-0.25, -0.2) is 0 Å². The third kappa shape index (κ3) is 2.33. The molecular formula is C13H24N2O2. The van der Waals surface area contributed by atoms with Crippen molar-refractivity contribution in [2.75, 3.05) is 26.2 Å². The SMILES string of the molecule is CCC(CC)(C(=O)O)N1CCN(C2CC2)CC1. The third-order valence-electron chi connectivity index (χ3n) is 4.55. The molecule has 4 nitrogen and oxygen atoms in total. The van der Waals surface area contributed by atoms with Gasteiger partial charge in [-0.05, 0) is 25.7 Å². The standard InChI is InChI=1S/C13H24N2O2/c1-3-13(4-2,12(16)17)15-9-7-14(8-10-15)11-5-6-11/h11H,3-10H2,1-2H3,(H,16,17). The van der Waals surface area contributed by atoms with Crippen LogP contribution in [0.15, 0.2) is 0 Å². The minimum Gasteiger partial charge on any atom is -0.480 e. The van der Waals surface area contributed by atoms with E-state index in [0.717, 1.165) is 32.2 Å². The van der Waals surface area contributed by atoms with Gasteiger partial charge in [0.05, 0.1) is 0 Å². The Bertz CT molecular complexity index is 277. The van der Waals surface area contributed by atoms with E-state index in [4.69, 9.17) is 0 Å². The first-order valence-corrected chi connectivity index (χ1v) is 6.86. The Balaban J connectivity index is 1.99. The van der Waals surface area contributed by atoms with Gasteiger partial charge < -0.3 is 5.11 Å². The summed E-state index contributed by atoms with van der Waals surface area (Å²) >= 11 is 0. The van der Waals surface area contributed by atoms with E-state index in [0.29, 0.717) is 12.8 Å². The number of carboxylic acids is 1. The van der Waals surface area contributed by atoms with Crippen molar-refractivity contribution < 1.29 is 9.90 Å². The molecule has 0 spiro atoms. The molecule has 0 atom stereocenters. The van der Waals surface area contributed by atoms with Crippen molar-refractivity contribution in [1.29, 1.82) is 0 Å². The molecule has 0 aromatic heterocycles. The van der Waals surface area contributed by atoms with E-state index in [1.807, 2.05) is 13.8 Å². The number of piperazine rings is 1. The second-order valence-corrected chi connectivity index (χ2v) is 5.30. The smallest absolute Gasteiger partial charge is 0.324 e. The zero-order valence-electron chi connectivity index (χ0n) is 11.0. The van der Waals surface area contributed by atoms with E-state index in [2.05, 4.69) is 9.80 Å². The summed E-state index contributed by atoms with van der Waals surface area (Å²) in [5.74, 6) is -0.651. The first kappa shape index (κ1) is 12.8. The molecule has 0 amide bonds. The van der Waals surface area contributed by atoms with Crippen molar-refractivity contribution in [3.8, 4) is 0 Å². The predicted molar refractivity (Wildman–Crippen MR) is 67.1 cm³/mol. The maximum Gasteiger partial charge on any atom is 0.324 e. The Morgan fingerprint density at radius 1 is 1.18 bits per heavy atom. The average molecular weight is 240 g/mol. The van der Waals surface area contributed by atoms with Crippen molar-refractivity contribution in [2.45, 2.75) is 51.1 Å². The second kappa shape index (κ2) is 4.94. The summed E-state index contributed by atoms with van der Waals surface area (Å²) in [6.07, 6.45) is 4.07. The lowest BCUT2D eigenvalue weighted by molar-refractivity contribution is -0.154. The van der Waals surface area contributed by atoms with E-state index < -0.39 is 11.5 Å². The lowest BCUT2D eigenvalue weighted by Crippen LogP contribution is -2.60. The average Bonchev–Trinajstić information content (AvgIpc) is 3.16. The molecule has 2 aliphatic rings. The fourth-order valence-electron chi connectivity index (χ4n) is 3.09. The largest absolute Gasteiger partial charge is 0.480 e. The molecule has 1 N–H and O–H groups in total. The van der Waals surface area contributed by atoms with E-state index in [9.17, 15) is 9.90 Å². The Kier molecular flexibility index (Phi) is 3.73. The highest BCUT2D eigenvalue weighted by atomic mass is 16.4. The Morgan fingerprint density at radius 3 is 2.06 bits per heavy atom. The topological polar surface area (TPSA) is 43.8 Å². The molecule has 0 radical (unpaired) electrons. The maximum absolute atomic E-state index is 11.6. The highest BCUT2D eigenvalue weighted by molar-refractivity contribution is 5.78. The number of carboxylic acid groups (broad SMARTS) is 1. The number of aliphatic carboxylic acids is 1. The van der Waals surface area contributed by atoms with Crippen LogP contribution < -0.4 is 0 Å². The molecule has 0 bridgehead atoms. The molecule has 2 fully saturated rings. The van der Waals surface area contributed by atoms with Gasteiger partial charge in [-0.1, -0.05) is 13.8 Å². The van der Waals surface area contributed by atoms with Crippen molar-refractivity contribution in [2.24, 2.45) is 0 Å². The minimum atomic E-state index is -0.651. The summed E-state index contributed by atoms with van der Waals surface area (Å²) in [4.78, 5) is 16.3. The maximum atomic E-state index is 11.6. The molecular weight excluding hydrogens is 216 g/mol. The van der Waals surface area contributed by atoms with E-state index in [1.165, 1.54) is 12.8 Å². The first-order valence-electron chi connectivity index (χ1n) is 6.86. The van der Waals surface area contributed by atoms with Gasteiger partial charge in [-0.3, -0.25) is 14.6 Å². The Hall–Kier alpha value is -0.610. The summed E-state index contributed by atoms with van der Waals surface area (Å²) in [5, 5.41) is 9.51. The molecule has 1 saturated heterocycles. The predicted octanol–water partition coefficient (Wildman–Crippen LogP) is 1.41. The highest BCUT2D eigenvalue weighted by Gasteiger charge is 2.43. The molecule has 1 saturated carbocycles. The molecule has 4 heteroatoms. The highest BCUT2D eigenvalue weighted by Crippen LogP contribution is 2.30. The van der Waals surface area contributed by atoms with Crippen molar-refractivity contribution in [1.82, 2.24) is 9.80 Å². The Morgan fingerprint density at radius 2 is 1.71 bits per heavy atom. The first-order chi connectivity index (χ1) is 8.14. The van der Waals surface area contributed by atoms with Gasteiger partial charge >= 0.3 is 5.97 Å². The lowest BCUT2D eigenvalue weighted by Gasteiger charge is -2.44. The van der Waals surface area contributed by atoms with E-state index in [-0.39, 0.29) is 0 Å². The molecule has 2 rings (SSSR count). The monoisotopic (exact) mass is 240 g/mol. The molecule has 0 aromatic carbocycles. The van der Waals surface area contributed by atoms with Crippen LogP contribution >= 0.6 is 0 Å². The molecule has 0 unspecified atom stereocenters. The van der Waals surface area contributed by atoms with Gasteiger partial charge in [0.1, 0.15) is 5.54 Å². The summed E-state index contributed by atoms with van der Waals surface area (Å²) in [7, 11) is 0. The van der Waals surface area contributed by atoms with Crippen LogP contribution in [0.3, 0.4) is 0 Å². The normalized spacial score (nSPS) is 23.9. The van der Waals surface area contributed by atoms with Crippen LogP contribution in [0.5, 0.6) is 0 Å². The number of nitrogens with zero attached hydrogens (tertiary/aromatic N) is 2. The van der Waals surface area contributed by atoms with Crippen molar-refractivity contribution in [3.05, 3.63) is 0 Å². The number of rotatable bonds is 5. The molecule has 98 valence electrons. The third-order valence-corrected chi connectivity index (χ3v) is 4.55. The number of hydrogen-bond donors (Lipinski definition) is 1. The van der Waals surface area contributed by atoms with Crippen molar-refractivity contribution >= 4 is 5.97 Å². The Labute approximate surface area is 104 Å². The number of hydrogen-bond acceptors (Lipinski definition) is 3. The van der Waals surface area contributed by atoms with E-state index in [1.54, 1.807) is 0 Å². The minimum absolute atomic E-state index is 0.629. The van der Waals surface area contributed by atoms with Crippen LogP contribution in [-0.4, -0.2) is 58.6 Å². The molecule has 0 aromatic rings. The van der Waals surface area contributed by atoms with Gasteiger partial charge in [-0.2, -0.15) is 0 Å². The fourth-order valence-corrected chi connectivity index (χ4v) is 3.09. The van der Waals surface area contributed by atoms with Crippen LogP contribution in [0, 0.1) is 0 Å². The van der Waals surface area contributed by atoms with Crippen molar-refractivity contribution in [3.63, 3.8) is 0 Å². The van der Waals surface area contributed by atoms with Gasteiger partial charge in [0.2, 0.25) is 0 Å². The van der Waals surface area contributed by atoms with Crippen LogP contribution in [0.4, 0.5) is 0 Å². The van der Waals surface area contributed by atoms with Crippen LogP contribution in [0.1, 0.15) is 39.5 Å². The van der Waals surface area contributed by atoms with Gasteiger partial charge in [0.25, 0.3) is 0 Å². The molecule has 1 aliphatic carbocycles. The van der Waals surface area contributed by atoms with Gasteiger partial charge in [0, 0.05) is 32.2 Å². The zero-order chi connectivity index (χ0) is 12.5. The van der Waals surface area contributed by atoms with Crippen LogP contribution in [-0.2, 0) is 4.79 Å². The quantitative estimate of drug-likeness (QED) is 0.789. The summed E-state index contributed by atoms with van der Waals surface area (Å²) < 4.78 is 0. The van der Waals surface area contributed by atoms with Gasteiger partial charge in [0.15, 0.2) is 0 Å². The van der Waals surface area contributed by atoms with E-state index >= 15 is 0 Å². The van der Waals surface area contributed by atoms with Crippen LogP contribution in [0.2, 0.25) is 0 Å². The fraction of sp³-hybridized carbons (Fsp3) is 0.923. The number of carbonyl (C=O) groups is 1. The molecule has 17 heavy (non-hydrogen) atoms. The summed E-state index contributed by atoms with van der Waals surface area (Å²) in [5.41, 5.74) is -0.629. The molecule has 1 aliphatic heterocycles. The zero-order valence-corrected chi connectivity index (χ0v) is 11.0. The van der Waals surface area contributed by atoms with Crippen LogP contribution in [0.25, 0.3) is 0 Å². The second-order valence-electron chi connectivity index (χ2n) is 5.30. The summed E-state index contributed by atoms with van der Waals surface area (Å²) in [6.45, 7) is 7.88. The lowest BCUT2D eigenvalue weighted by atomic mass is 9.90. The van der Waals surface area contributed by atoms with Gasteiger partial charge in [-0.15, -0.1) is 0 Å². The molecule has 1 heterocycles.